The van der Waals surface area contributed by atoms with Gasteiger partial charge in [0, 0.05) is 0 Å². The second kappa shape index (κ2) is 6.36. The third-order valence-electron chi connectivity index (χ3n) is 1.46. The first-order valence-electron chi connectivity index (χ1n) is 3.18. The van der Waals surface area contributed by atoms with Crippen LogP contribution in [0, 0.1) is 6.10 Å². The Hall–Kier alpha value is -0.150. The van der Waals surface area contributed by atoms with Crippen LogP contribution in [0.25, 0.3) is 0 Å². The fourth-order valence-electron chi connectivity index (χ4n) is 0.815. The fourth-order valence-corrected chi connectivity index (χ4v) is 0.815. The van der Waals surface area contributed by atoms with Crippen LogP contribution in [0.15, 0.2) is 0 Å². The molecular formula is C6H9NaO7. The first kappa shape index (κ1) is 16.3. The van der Waals surface area contributed by atoms with E-state index in [1.165, 1.54) is 0 Å². The number of ether oxygens (including phenoxy) is 1. The normalized spacial score (nSPS) is 22.2. The Labute approximate surface area is 101 Å². The molecule has 1 fully saturated rings. The van der Waals surface area contributed by atoms with Gasteiger partial charge in [0.05, 0.1) is 12.7 Å². The topological polar surface area (TPSA) is 136 Å². The number of aliphatic hydroxyl groups excluding tert-OH is 3. The molecule has 8 heteroatoms. The van der Waals surface area contributed by atoms with Crippen LogP contribution in [-0.4, -0.2) is 51.4 Å². The van der Waals surface area contributed by atoms with E-state index in [0.29, 0.717) is 0 Å². The summed E-state index contributed by atoms with van der Waals surface area (Å²) in [6.45, 7) is -0.699. The minimum atomic E-state index is -1.46. The maximum Gasteiger partial charge on any atom is 1.00 e. The molecule has 76 valence electrons. The second-order valence-electron chi connectivity index (χ2n) is 2.29. The molecule has 0 aromatic heterocycles. The molecule has 2 atom stereocenters. The molecule has 0 aromatic rings. The average Bonchev–Trinajstić information content (AvgIpc) is 2.32. The Morgan fingerprint density at radius 2 is 2.00 bits per heavy atom. The van der Waals surface area contributed by atoms with Crippen molar-refractivity contribution in [2.45, 2.75) is 12.2 Å². The van der Waals surface area contributed by atoms with Crippen LogP contribution in [0.3, 0.4) is 0 Å². The summed E-state index contributed by atoms with van der Waals surface area (Å²) in [6, 6.07) is 0. The summed E-state index contributed by atoms with van der Waals surface area (Å²) in [5.74, 6) is -2.39. The van der Waals surface area contributed by atoms with Crippen molar-refractivity contribution < 1.29 is 64.7 Å². The van der Waals surface area contributed by atoms with E-state index in [1.54, 1.807) is 0 Å². The molecule has 0 radical (unpaired) electrons. The van der Waals surface area contributed by atoms with E-state index < -0.39 is 36.7 Å². The molecule has 1 aliphatic rings. The Kier molecular flexibility index (Phi) is 7.39. The first-order chi connectivity index (χ1) is 5.57. The third kappa shape index (κ3) is 2.92. The SMILES string of the molecule is O.O=C1OC(C(O)CO)[C-](O)C1=O.[Na+]. The van der Waals surface area contributed by atoms with Gasteiger partial charge in [0.15, 0.2) is 0 Å². The molecule has 0 bridgehead atoms. The number of ketones is 1. The van der Waals surface area contributed by atoms with Crippen LogP contribution < -0.4 is 29.6 Å². The zero-order chi connectivity index (χ0) is 9.30. The molecule has 2 unspecified atom stereocenters. The predicted octanol–water partition coefficient (Wildman–Crippen LogP) is -6.08. The number of carbonyl (C=O) groups is 2. The van der Waals surface area contributed by atoms with Crippen molar-refractivity contribution in [2.24, 2.45) is 0 Å². The van der Waals surface area contributed by atoms with Gasteiger partial charge in [-0.05, 0) is 6.10 Å². The Balaban J connectivity index is 0. The number of Topliss-reactive ketones (excluding diaryl/α,β-unsaturated/α-hetero) is 1. The Morgan fingerprint density at radius 3 is 2.29 bits per heavy atom. The van der Waals surface area contributed by atoms with Crippen molar-refractivity contribution >= 4 is 11.8 Å². The van der Waals surface area contributed by atoms with Crippen molar-refractivity contribution in [1.29, 1.82) is 0 Å². The second-order valence-corrected chi connectivity index (χ2v) is 2.29. The molecule has 14 heavy (non-hydrogen) atoms. The standard InChI is InChI=1S/C6H7O6.Na.H2O/c7-1-2(8)5-3(9)4(10)6(11)12-5;;/h2,5,7-9H,1H2;;1H2/q-1;+1;. The monoisotopic (exact) mass is 216 g/mol. The van der Waals surface area contributed by atoms with Gasteiger partial charge < -0.3 is 35.1 Å². The van der Waals surface area contributed by atoms with Crippen molar-refractivity contribution in [3.63, 3.8) is 0 Å². The number of hydrogen-bond acceptors (Lipinski definition) is 6. The number of esters is 1. The number of rotatable bonds is 2. The van der Waals surface area contributed by atoms with Crippen LogP contribution in [0.4, 0.5) is 0 Å². The molecule has 1 heterocycles. The number of cyclic esters (lactones) is 1. The van der Waals surface area contributed by atoms with Crippen LogP contribution in [0.5, 0.6) is 0 Å². The van der Waals surface area contributed by atoms with Crippen molar-refractivity contribution in [1.82, 2.24) is 0 Å². The largest absolute Gasteiger partial charge is 1.00 e. The van der Waals surface area contributed by atoms with Gasteiger partial charge in [0.25, 0.3) is 0 Å². The molecule has 0 saturated carbocycles. The van der Waals surface area contributed by atoms with Gasteiger partial charge in [-0.15, -0.1) is 0 Å². The van der Waals surface area contributed by atoms with E-state index in [0.717, 1.165) is 0 Å². The number of carbonyl (C=O) groups excluding carboxylic acids is 2. The molecule has 7 nitrogen and oxygen atoms in total. The van der Waals surface area contributed by atoms with Crippen LogP contribution >= 0.6 is 0 Å². The minimum absolute atomic E-state index is 0. The van der Waals surface area contributed by atoms with Crippen molar-refractivity contribution in [3.8, 4) is 0 Å². The molecule has 1 rings (SSSR count). The molecule has 0 aliphatic carbocycles. The summed E-state index contributed by atoms with van der Waals surface area (Å²) < 4.78 is 4.25. The third-order valence-corrected chi connectivity index (χ3v) is 1.46. The van der Waals surface area contributed by atoms with Crippen LogP contribution in [0.1, 0.15) is 0 Å². The molecule has 0 spiro atoms. The maximum atomic E-state index is 10.6. The van der Waals surface area contributed by atoms with Gasteiger partial charge in [0.2, 0.25) is 5.97 Å². The molecular weight excluding hydrogens is 207 g/mol. The minimum Gasteiger partial charge on any atom is -0.549 e. The van der Waals surface area contributed by atoms with E-state index in [2.05, 4.69) is 4.74 Å². The molecule has 1 aliphatic heterocycles. The summed E-state index contributed by atoms with van der Waals surface area (Å²) in [6.07, 6.45) is -3.74. The van der Waals surface area contributed by atoms with Gasteiger partial charge >= 0.3 is 29.6 Å². The van der Waals surface area contributed by atoms with E-state index in [-0.39, 0.29) is 35.0 Å². The predicted molar refractivity (Wildman–Crippen MR) is 36.8 cm³/mol. The van der Waals surface area contributed by atoms with Gasteiger partial charge in [-0.2, -0.15) is 0 Å². The van der Waals surface area contributed by atoms with Gasteiger partial charge in [-0.1, -0.05) is 0 Å². The maximum absolute atomic E-state index is 10.6. The van der Waals surface area contributed by atoms with Crippen molar-refractivity contribution in [3.05, 3.63) is 6.10 Å². The molecule has 0 aromatic carbocycles. The van der Waals surface area contributed by atoms with Crippen molar-refractivity contribution in [2.75, 3.05) is 6.61 Å². The van der Waals surface area contributed by atoms with E-state index >= 15 is 0 Å². The summed E-state index contributed by atoms with van der Waals surface area (Å²) in [5, 5.41) is 26.2. The van der Waals surface area contributed by atoms with Gasteiger partial charge in [0.1, 0.15) is 11.9 Å². The Bertz CT molecular complexity index is 218. The zero-order valence-corrected chi connectivity index (χ0v) is 9.43. The van der Waals surface area contributed by atoms with Crippen LogP contribution in [-0.2, 0) is 14.3 Å². The number of hydrogen-bond donors (Lipinski definition) is 3. The quantitative estimate of drug-likeness (QED) is 0.182. The Morgan fingerprint density at radius 1 is 1.50 bits per heavy atom. The zero-order valence-electron chi connectivity index (χ0n) is 7.43. The summed E-state index contributed by atoms with van der Waals surface area (Å²) >= 11 is 0. The summed E-state index contributed by atoms with van der Waals surface area (Å²) in [4.78, 5) is 21.1. The van der Waals surface area contributed by atoms with Gasteiger partial charge in [-0.3, -0.25) is 0 Å². The van der Waals surface area contributed by atoms with Crippen LogP contribution in [0.2, 0.25) is 0 Å². The first-order valence-corrected chi connectivity index (χ1v) is 3.18. The average molecular weight is 216 g/mol. The molecule has 0 amide bonds. The van der Waals surface area contributed by atoms with E-state index in [9.17, 15) is 9.59 Å². The molecule has 5 N–H and O–H groups in total. The van der Waals surface area contributed by atoms with Gasteiger partial charge in [-0.25, -0.2) is 0 Å². The van der Waals surface area contributed by atoms with E-state index in [4.69, 9.17) is 15.3 Å². The van der Waals surface area contributed by atoms with E-state index in [1.807, 2.05) is 0 Å². The fraction of sp³-hybridized carbons (Fsp3) is 0.500. The number of aliphatic hydroxyl groups is 3. The molecule has 1 saturated heterocycles. The smallest absolute Gasteiger partial charge is 0.549 e. The summed E-state index contributed by atoms with van der Waals surface area (Å²) in [5.41, 5.74) is 0. The summed E-state index contributed by atoms with van der Waals surface area (Å²) in [7, 11) is 0.